The summed E-state index contributed by atoms with van der Waals surface area (Å²) in [7, 11) is 0. The summed E-state index contributed by atoms with van der Waals surface area (Å²) >= 11 is 0. The van der Waals surface area contributed by atoms with Gasteiger partial charge in [-0.1, -0.05) is 0 Å². The lowest BCUT2D eigenvalue weighted by Gasteiger charge is -1.84. The van der Waals surface area contributed by atoms with Crippen LogP contribution in [0.4, 0.5) is 0 Å². The van der Waals surface area contributed by atoms with E-state index in [-0.39, 0.29) is 0 Å². The Balaban J connectivity index is -0.000000117. The molecule has 0 saturated carbocycles. The van der Waals surface area contributed by atoms with Crippen molar-refractivity contribution in [2.45, 2.75) is 13.8 Å². The Kier molecular flexibility index (Phi) is 23.3. The summed E-state index contributed by atoms with van der Waals surface area (Å²) in [5, 5.41) is 22.6. The first-order valence-corrected chi connectivity index (χ1v) is 3.34. The highest BCUT2D eigenvalue weighted by molar-refractivity contribution is 5.63. The zero-order valence-electron chi connectivity index (χ0n) is 7.65. The van der Waals surface area contributed by atoms with Gasteiger partial charge in [0.05, 0.1) is 0 Å². The molecule has 80 valence electrons. The molecule has 0 atom stereocenters. The molecule has 0 saturated heterocycles. The van der Waals surface area contributed by atoms with Crippen molar-refractivity contribution < 1.29 is 25.0 Å². The van der Waals surface area contributed by atoms with Crippen LogP contribution in [-0.4, -0.2) is 40.4 Å². The fourth-order valence-corrected chi connectivity index (χ4v) is 0.0645. The van der Waals surface area contributed by atoms with Crippen LogP contribution in [0.3, 0.4) is 0 Å². The molecule has 0 aromatic rings. The van der Waals surface area contributed by atoms with E-state index in [1.807, 2.05) is 5.48 Å². The van der Waals surface area contributed by atoms with Gasteiger partial charge < -0.3 is 21.2 Å². The monoisotopic (exact) mass is 196 g/mol. The van der Waals surface area contributed by atoms with Gasteiger partial charge in [-0.25, -0.2) is 5.48 Å². The van der Waals surface area contributed by atoms with Gasteiger partial charge >= 0.3 is 0 Å². The van der Waals surface area contributed by atoms with Crippen molar-refractivity contribution in [1.29, 1.82) is 0 Å². The molecule has 0 heterocycles. The second-order valence-corrected chi connectivity index (χ2v) is 1.73. The molecule has 13 heavy (non-hydrogen) atoms. The van der Waals surface area contributed by atoms with E-state index in [1.165, 1.54) is 0 Å². The van der Waals surface area contributed by atoms with Crippen molar-refractivity contribution in [2.75, 3.05) is 13.1 Å². The van der Waals surface area contributed by atoms with E-state index < -0.39 is 11.9 Å². The number of hydroxylamine groups is 1. The van der Waals surface area contributed by atoms with Crippen LogP contribution in [0, 0.1) is 0 Å². The van der Waals surface area contributed by atoms with Crippen LogP contribution in [0.25, 0.3) is 0 Å². The van der Waals surface area contributed by atoms with Gasteiger partial charge in [0, 0.05) is 26.9 Å². The highest BCUT2D eigenvalue weighted by Crippen LogP contribution is 1.42. The van der Waals surface area contributed by atoms with Gasteiger partial charge in [-0.3, -0.25) is 9.59 Å². The zero-order valence-corrected chi connectivity index (χ0v) is 7.65. The number of rotatable bonds is 2. The molecule has 0 aromatic heterocycles. The topological polar surface area (TPSA) is 133 Å². The molecule has 6 N–H and O–H groups in total. The van der Waals surface area contributed by atoms with Crippen molar-refractivity contribution in [1.82, 2.24) is 5.48 Å². The van der Waals surface area contributed by atoms with Crippen molar-refractivity contribution in [3.63, 3.8) is 0 Å². The molecule has 0 radical (unpaired) electrons. The number of hydrogen-bond acceptors (Lipinski definition) is 5. The Morgan fingerprint density at radius 1 is 1.23 bits per heavy atom. The maximum Gasteiger partial charge on any atom is 0.300 e. The van der Waals surface area contributed by atoms with Crippen molar-refractivity contribution >= 4 is 11.9 Å². The Hall–Kier alpha value is -1.18. The summed E-state index contributed by atoms with van der Waals surface area (Å²) in [5.74, 6) is -1.67. The van der Waals surface area contributed by atoms with E-state index in [0.29, 0.717) is 13.1 Å². The molecule has 0 bridgehead atoms. The molecular formula is C6H16N2O5. The molecule has 0 rings (SSSR count). The number of nitrogens with one attached hydrogen (secondary N) is 1. The normalized spacial score (nSPS) is 7.08. The molecule has 7 nitrogen and oxygen atoms in total. The Labute approximate surface area is 76.1 Å². The van der Waals surface area contributed by atoms with Crippen LogP contribution < -0.4 is 11.2 Å². The predicted molar refractivity (Wildman–Crippen MR) is 45.5 cm³/mol. The Morgan fingerprint density at radius 3 is 1.46 bits per heavy atom. The van der Waals surface area contributed by atoms with Gasteiger partial charge in [0.1, 0.15) is 0 Å². The third-order valence-electron chi connectivity index (χ3n) is 0.256. The fraction of sp³-hybridized carbons (Fsp3) is 0.667. The van der Waals surface area contributed by atoms with E-state index in [4.69, 9.17) is 30.7 Å². The van der Waals surface area contributed by atoms with Gasteiger partial charge in [0.15, 0.2) is 0 Å². The second-order valence-electron chi connectivity index (χ2n) is 1.73. The first-order chi connectivity index (χ1) is 5.88. The first kappa shape index (κ1) is 17.8. The highest BCUT2D eigenvalue weighted by Gasteiger charge is 1.66. The summed E-state index contributed by atoms with van der Waals surface area (Å²) in [6, 6.07) is 0. The smallest absolute Gasteiger partial charge is 0.300 e. The van der Waals surface area contributed by atoms with Gasteiger partial charge in [-0.15, -0.1) is 0 Å². The number of carboxylic acid groups (broad SMARTS) is 2. The summed E-state index contributed by atoms with van der Waals surface area (Å²) in [6.45, 7) is 3.12. The SMILES string of the molecule is CC(=O)O.CC(=O)O.NCCNO. The number of hydrogen-bond donors (Lipinski definition) is 5. The summed E-state index contributed by atoms with van der Waals surface area (Å²) in [6.07, 6.45) is 0. The van der Waals surface area contributed by atoms with E-state index in [0.717, 1.165) is 13.8 Å². The molecule has 7 heteroatoms. The lowest BCUT2D eigenvalue weighted by Crippen LogP contribution is -2.17. The average molecular weight is 196 g/mol. The maximum absolute atomic E-state index is 9.00. The molecular weight excluding hydrogens is 180 g/mol. The van der Waals surface area contributed by atoms with Crippen molar-refractivity contribution in [3.8, 4) is 0 Å². The van der Waals surface area contributed by atoms with Gasteiger partial charge in [0.2, 0.25) is 0 Å². The fourth-order valence-electron chi connectivity index (χ4n) is 0.0645. The van der Waals surface area contributed by atoms with E-state index in [1.54, 1.807) is 0 Å². The molecule has 0 amide bonds. The summed E-state index contributed by atoms with van der Waals surface area (Å²) < 4.78 is 0. The predicted octanol–water partition coefficient (Wildman–Crippen LogP) is -0.894. The summed E-state index contributed by atoms with van der Waals surface area (Å²) in [4.78, 5) is 18.0. The minimum Gasteiger partial charge on any atom is -0.481 e. The standard InChI is InChI=1S/C2H8N2O.2C2H4O2/c3-1-2-4-5;2*1-2(3)4/h4-5H,1-3H2;2*1H3,(H,3,4). The van der Waals surface area contributed by atoms with Crippen molar-refractivity contribution in [2.24, 2.45) is 5.73 Å². The molecule has 0 fully saturated rings. The molecule has 0 aliphatic carbocycles. The quantitative estimate of drug-likeness (QED) is 0.361. The number of aliphatic carboxylic acids is 2. The van der Waals surface area contributed by atoms with E-state index in [2.05, 4.69) is 0 Å². The third kappa shape index (κ3) is 1250. The number of nitrogens with two attached hydrogens (primary N) is 1. The van der Waals surface area contributed by atoms with Crippen LogP contribution in [0.5, 0.6) is 0 Å². The highest BCUT2D eigenvalue weighted by atomic mass is 16.5. The largest absolute Gasteiger partial charge is 0.481 e. The Bertz CT molecular complexity index is 106. The van der Waals surface area contributed by atoms with Crippen LogP contribution in [0.15, 0.2) is 0 Å². The van der Waals surface area contributed by atoms with Crippen molar-refractivity contribution in [3.05, 3.63) is 0 Å². The maximum atomic E-state index is 9.00. The zero-order chi connectivity index (χ0) is 11.3. The summed E-state index contributed by atoms with van der Waals surface area (Å²) in [5.41, 5.74) is 6.81. The first-order valence-electron chi connectivity index (χ1n) is 3.34. The molecule has 0 aliphatic rings. The third-order valence-corrected chi connectivity index (χ3v) is 0.256. The van der Waals surface area contributed by atoms with E-state index in [9.17, 15) is 0 Å². The minimum atomic E-state index is -0.833. The van der Waals surface area contributed by atoms with Crippen LogP contribution in [0.2, 0.25) is 0 Å². The van der Waals surface area contributed by atoms with Gasteiger partial charge in [-0.2, -0.15) is 0 Å². The molecule has 0 spiro atoms. The van der Waals surface area contributed by atoms with Crippen LogP contribution >= 0.6 is 0 Å². The number of carbonyl (C=O) groups is 2. The minimum absolute atomic E-state index is 0.472. The second kappa shape index (κ2) is 17.1. The van der Waals surface area contributed by atoms with Crippen LogP contribution in [0.1, 0.15) is 13.8 Å². The van der Waals surface area contributed by atoms with Crippen LogP contribution in [-0.2, 0) is 9.59 Å². The van der Waals surface area contributed by atoms with Gasteiger partial charge in [-0.05, 0) is 0 Å². The average Bonchev–Trinajstić information content (AvgIpc) is 1.86. The Morgan fingerprint density at radius 2 is 1.46 bits per heavy atom. The lowest BCUT2D eigenvalue weighted by molar-refractivity contribution is -0.135. The number of carboxylic acids is 2. The molecule has 0 aromatic carbocycles. The molecule has 0 unspecified atom stereocenters. The van der Waals surface area contributed by atoms with Gasteiger partial charge in [0.25, 0.3) is 11.9 Å². The molecule has 0 aliphatic heterocycles. The van der Waals surface area contributed by atoms with E-state index >= 15 is 0 Å². The lowest BCUT2D eigenvalue weighted by atomic mass is 10.7.